The van der Waals surface area contributed by atoms with Crippen molar-refractivity contribution in [2.24, 2.45) is 0 Å². The van der Waals surface area contributed by atoms with Crippen LogP contribution in [0.15, 0.2) is 11.6 Å². The van der Waals surface area contributed by atoms with Gasteiger partial charge < -0.3 is 15.0 Å². The highest BCUT2D eigenvalue weighted by Gasteiger charge is 2.46. The van der Waals surface area contributed by atoms with Crippen molar-refractivity contribution in [3.63, 3.8) is 0 Å². The Bertz CT molecular complexity index is 407. The number of ether oxygens (including phenoxy) is 2. The molecule has 0 aromatic heterocycles. The maximum atomic E-state index is 12.5. The van der Waals surface area contributed by atoms with Gasteiger partial charge >= 0.3 is 23.8 Å². The summed E-state index contributed by atoms with van der Waals surface area (Å²) >= 11 is 0. The summed E-state index contributed by atoms with van der Waals surface area (Å²) in [5.41, 5.74) is 5.14. The Hall–Kier alpha value is -2.15. The molecule has 94 valence electrons. The third-order valence-electron chi connectivity index (χ3n) is 1.50. The van der Waals surface area contributed by atoms with Gasteiger partial charge in [-0.1, -0.05) is 0 Å². The fraction of sp³-hybridized carbons (Fsp3) is 0.375. The Morgan fingerprint density at radius 2 is 1.76 bits per heavy atom. The molecular formula is C8H7F3N2O4. The van der Waals surface area contributed by atoms with Crippen LogP contribution in [0.2, 0.25) is 0 Å². The second-order valence-corrected chi connectivity index (χ2v) is 2.52. The molecule has 0 bridgehead atoms. The molecule has 0 aliphatic heterocycles. The molecule has 0 fully saturated rings. The van der Waals surface area contributed by atoms with Crippen LogP contribution in [0.1, 0.15) is 0 Å². The van der Waals surface area contributed by atoms with Gasteiger partial charge in [0, 0.05) is 6.08 Å². The average molecular weight is 252 g/mol. The number of alkyl halides is 3. The molecule has 0 aliphatic carbocycles. The first-order chi connectivity index (χ1) is 7.77. The number of hydrogen-bond acceptors (Lipinski definition) is 4. The summed E-state index contributed by atoms with van der Waals surface area (Å²) in [4.78, 5) is 23.8. The van der Waals surface area contributed by atoms with Crippen LogP contribution in [0.5, 0.6) is 0 Å². The molecule has 0 heterocycles. The van der Waals surface area contributed by atoms with Crippen molar-refractivity contribution in [2.75, 3.05) is 14.2 Å². The molecule has 0 amide bonds. The van der Waals surface area contributed by atoms with Crippen LogP contribution in [-0.2, 0) is 19.1 Å². The summed E-state index contributed by atoms with van der Waals surface area (Å²) in [6.07, 6.45) is -5.10. The van der Waals surface area contributed by atoms with E-state index in [-0.39, 0.29) is 6.08 Å². The zero-order valence-corrected chi connectivity index (χ0v) is 8.74. The number of halogens is 3. The zero-order valence-electron chi connectivity index (χ0n) is 8.74. The lowest BCUT2D eigenvalue weighted by Gasteiger charge is -2.06. The maximum absolute atomic E-state index is 12.5. The third-order valence-corrected chi connectivity index (χ3v) is 1.50. The van der Waals surface area contributed by atoms with Gasteiger partial charge in [-0.15, -0.1) is 0 Å². The van der Waals surface area contributed by atoms with Crippen molar-refractivity contribution in [3.8, 4) is 0 Å². The molecule has 6 nitrogen and oxygen atoms in total. The van der Waals surface area contributed by atoms with Crippen LogP contribution >= 0.6 is 0 Å². The molecule has 0 rings (SSSR count). The predicted octanol–water partition coefficient (Wildman–Crippen LogP) is 0.492. The van der Waals surface area contributed by atoms with Crippen LogP contribution in [0.25, 0.3) is 5.53 Å². The highest BCUT2D eigenvalue weighted by atomic mass is 19.4. The number of esters is 2. The minimum Gasteiger partial charge on any atom is -0.466 e. The zero-order chi connectivity index (χ0) is 13.6. The molecule has 0 N–H and O–H groups in total. The van der Waals surface area contributed by atoms with Crippen molar-refractivity contribution in [2.45, 2.75) is 6.18 Å². The number of rotatable bonds is 3. The van der Waals surface area contributed by atoms with Gasteiger partial charge in [-0.2, -0.15) is 18.0 Å². The predicted molar refractivity (Wildman–Crippen MR) is 46.8 cm³/mol. The Morgan fingerprint density at radius 3 is 2.06 bits per heavy atom. The standard InChI is InChI=1S/C8H7F3N2O4/c1-16-5(14)3-4(8(9,10)11)6(13-12)7(15)17-2/h3H,1-2H3/b4-3+. The topological polar surface area (TPSA) is 89.0 Å². The second kappa shape index (κ2) is 5.80. The normalized spacial score (nSPS) is 11.5. The average Bonchev–Trinajstić information content (AvgIpc) is 2.26. The van der Waals surface area contributed by atoms with Gasteiger partial charge in [-0.05, 0) is 0 Å². The first kappa shape index (κ1) is 14.8. The van der Waals surface area contributed by atoms with Crippen LogP contribution in [-0.4, -0.2) is 42.8 Å². The van der Waals surface area contributed by atoms with Crippen molar-refractivity contribution in [1.82, 2.24) is 0 Å². The van der Waals surface area contributed by atoms with Crippen molar-refractivity contribution < 1.29 is 37.0 Å². The molecule has 0 saturated heterocycles. The Morgan fingerprint density at radius 1 is 1.24 bits per heavy atom. The largest absolute Gasteiger partial charge is 0.466 e. The molecule has 0 spiro atoms. The number of nitrogens with zero attached hydrogens (tertiary/aromatic N) is 2. The molecule has 0 atom stereocenters. The summed E-state index contributed by atoms with van der Waals surface area (Å²) in [7, 11) is 1.64. The fourth-order valence-electron chi connectivity index (χ4n) is 0.763. The van der Waals surface area contributed by atoms with E-state index in [4.69, 9.17) is 5.53 Å². The molecule has 0 aromatic carbocycles. The van der Waals surface area contributed by atoms with Gasteiger partial charge in [0.2, 0.25) is 0 Å². The van der Waals surface area contributed by atoms with Crippen LogP contribution < -0.4 is 0 Å². The summed E-state index contributed by atoms with van der Waals surface area (Å²) in [6, 6.07) is 0. The number of hydrogen-bond donors (Lipinski definition) is 0. The van der Waals surface area contributed by atoms with Crippen molar-refractivity contribution in [1.29, 1.82) is 0 Å². The van der Waals surface area contributed by atoms with E-state index in [1.54, 1.807) is 0 Å². The van der Waals surface area contributed by atoms with E-state index in [1.165, 1.54) is 0 Å². The van der Waals surface area contributed by atoms with E-state index in [0.29, 0.717) is 0 Å². The smallest absolute Gasteiger partial charge is 0.424 e. The van der Waals surface area contributed by atoms with E-state index < -0.39 is 29.4 Å². The molecular weight excluding hydrogens is 245 g/mol. The van der Waals surface area contributed by atoms with E-state index in [2.05, 4.69) is 14.3 Å². The highest BCUT2D eigenvalue weighted by Crippen LogP contribution is 2.26. The first-order valence-electron chi connectivity index (χ1n) is 3.95. The van der Waals surface area contributed by atoms with Gasteiger partial charge in [0.15, 0.2) is 5.57 Å². The highest BCUT2D eigenvalue weighted by molar-refractivity contribution is 6.41. The molecule has 0 unspecified atom stereocenters. The van der Waals surface area contributed by atoms with E-state index in [9.17, 15) is 22.8 Å². The first-order valence-corrected chi connectivity index (χ1v) is 3.95. The third kappa shape index (κ3) is 4.07. The summed E-state index contributed by atoms with van der Waals surface area (Å²) in [6.45, 7) is 0. The van der Waals surface area contributed by atoms with Gasteiger partial charge in [0.05, 0.1) is 14.2 Å². The summed E-state index contributed by atoms with van der Waals surface area (Å²) in [5, 5.41) is 0. The maximum Gasteiger partial charge on any atom is 0.424 e. The lowest BCUT2D eigenvalue weighted by atomic mass is 10.1. The van der Waals surface area contributed by atoms with E-state index >= 15 is 0 Å². The van der Waals surface area contributed by atoms with Crippen molar-refractivity contribution >= 4 is 17.7 Å². The Balaban J connectivity index is 5.65. The summed E-state index contributed by atoms with van der Waals surface area (Å²) in [5.74, 6) is -2.90. The Kier molecular flexibility index (Phi) is 5.07. The lowest BCUT2D eigenvalue weighted by Crippen LogP contribution is -2.29. The van der Waals surface area contributed by atoms with E-state index in [0.717, 1.165) is 14.2 Å². The number of carbonyl (C=O) groups excluding carboxylic acids is 2. The van der Waals surface area contributed by atoms with Gasteiger partial charge in [0.25, 0.3) is 0 Å². The van der Waals surface area contributed by atoms with Gasteiger partial charge in [0.1, 0.15) is 0 Å². The molecule has 0 saturated carbocycles. The number of carbonyl (C=O) groups is 2. The Labute approximate surface area is 93.2 Å². The van der Waals surface area contributed by atoms with Gasteiger partial charge in [-0.3, -0.25) is 0 Å². The summed E-state index contributed by atoms with van der Waals surface area (Å²) < 4.78 is 45.4. The number of methoxy groups -OCH3 is 2. The molecule has 0 aromatic rings. The lowest BCUT2D eigenvalue weighted by molar-refractivity contribution is -0.139. The molecule has 17 heavy (non-hydrogen) atoms. The van der Waals surface area contributed by atoms with Crippen LogP contribution in [0, 0.1) is 0 Å². The monoisotopic (exact) mass is 252 g/mol. The minimum atomic E-state index is -5.08. The van der Waals surface area contributed by atoms with Crippen LogP contribution in [0.3, 0.4) is 0 Å². The molecule has 0 aliphatic rings. The van der Waals surface area contributed by atoms with Crippen molar-refractivity contribution in [3.05, 3.63) is 17.2 Å². The second-order valence-electron chi connectivity index (χ2n) is 2.52. The van der Waals surface area contributed by atoms with Crippen LogP contribution in [0.4, 0.5) is 13.2 Å². The SMILES string of the molecule is COC(=O)/C=C(\C(=[N+]=[N-])C(=O)OC)C(F)(F)F. The fourth-order valence-corrected chi connectivity index (χ4v) is 0.763. The minimum absolute atomic E-state index is 0.0219. The quantitative estimate of drug-likeness (QED) is 0.240. The molecule has 0 radical (unpaired) electrons. The molecule has 9 heteroatoms. The van der Waals surface area contributed by atoms with E-state index in [1.807, 2.05) is 0 Å². The van der Waals surface area contributed by atoms with Gasteiger partial charge in [-0.25, -0.2) is 9.59 Å².